The highest BCUT2D eigenvalue weighted by Gasteiger charge is 2.43. The number of hydrogen-bond donors (Lipinski definition) is 0. The molecule has 2 aromatic carbocycles. The first-order valence-corrected chi connectivity index (χ1v) is 14.1. The number of nitrogens with zero attached hydrogens (tertiary/aromatic N) is 4. The summed E-state index contributed by atoms with van der Waals surface area (Å²) in [6.45, 7) is 6.45. The summed E-state index contributed by atoms with van der Waals surface area (Å²) in [6.07, 6.45) is 1.72. The summed E-state index contributed by atoms with van der Waals surface area (Å²) in [5.41, 5.74) is 1.81. The molecular weight excluding hydrogens is 538 g/mol. The Bertz CT molecular complexity index is 1620. The van der Waals surface area contributed by atoms with E-state index in [1.165, 1.54) is 30.0 Å². The van der Waals surface area contributed by atoms with Crippen LogP contribution in [0.2, 0.25) is 0 Å². The molecule has 0 radical (unpaired) electrons. The van der Waals surface area contributed by atoms with Crippen LogP contribution in [0, 0.1) is 18.6 Å². The summed E-state index contributed by atoms with van der Waals surface area (Å²) in [5.74, 6) is -0.462. The van der Waals surface area contributed by atoms with Crippen LogP contribution < -0.4 is 10.6 Å². The molecule has 2 saturated heterocycles. The van der Waals surface area contributed by atoms with Crippen molar-refractivity contribution in [1.82, 2.24) is 14.5 Å². The van der Waals surface area contributed by atoms with Crippen molar-refractivity contribution in [3.8, 4) is 11.1 Å². The zero-order chi connectivity index (χ0) is 28.3. The van der Waals surface area contributed by atoms with Crippen LogP contribution in [0.4, 0.5) is 14.6 Å². The average molecular weight is 567 g/mol. The summed E-state index contributed by atoms with van der Waals surface area (Å²) in [7, 11) is 1.57. The van der Waals surface area contributed by atoms with Gasteiger partial charge < -0.3 is 14.5 Å². The number of fused-ring (bicyclic) bond motifs is 2. The zero-order valence-corrected chi connectivity index (χ0v) is 23.0. The number of amides is 1. The van der Waals surface area contributed by atoms with Gasteiger partial charge in [0.15, 0.2) is 0 Å². The van der Waals surface area contributed by atoms with E-state index in [0.717, 1.165) is 21.9 Å². The number of hydrogen-bond acceptors (Lipinski definition) is 7. The molecule has 0 aliphatic carbocycles. The van der Waals surface area contributed by atoms with E-state index in [2.05, 4.69) is 11.6 Å². The number of Topliss-reactive ketones (excluding diaryl/α,β-unsaturated/α-hetero) is 1. The van der Waals surface area contributed by atoms with Gasteiger partial charge in [-0.3, -0.25) is 14.2 Å². The Morgan fingerprint density at radius 3 is 2.58 bits per heavy atom. The first-order chi connectivity index (χ1) is 19.2. The number of ether oxygens (including phenoxy) is 1. The summed E-state index contributed by atoms with van der Waals surface area (Å²) >= 11 is 1.51. The van der Waals surface area contributed by atoms with Crippen molar-refractivity contribution in [2.45, 2.75) is 42.8 Å². The number of carbonyl (C=O) groups is 2. The highest BCUT2D eigenvalue weighted by Crippen LogP contribution is 2.46. The normalized spacial score (nSPS) is 22.1. The number of carbonyl (C=O) groups excluding carboxylic acids is 2. The molecule has 6 rings (SSSR count). The molecule has 40 heavy (non-hydrogen) atoms. The van der Waals surface area contributed by atoms with Crippen LogP contribution in [-0.2, 0) is 14.3 Å². The van der Waals surface area contributed by atoms with Crippen molar-refractivity contribution < 1.29 is 23.1 Å². The molecule has 1 amide bonds. The molecule has 0 spiro atoms. The van der Waals surface area contributed by atoms with Gasteiger partial charge >= 0.3 is 5.69 Å². The van der Waals surface area contributed by atoms with E-state index in [4.69, 9.17) is 4.74 Å². The number of anilines is 1. The van der Waals surface area contributed by atoms with Crippen LogP contribution in [-0.4, -0.2) is 70.8 Å². The number of methoxy groups -OCH3 is 1. The smallest absolute Gasteiger partial charge is 0.350 e. The molecule has 3 atom stereocenters. The minimum Gasteiger partial charge on any atom is -0.383 e. The second kappa shape index (κ2) is 10.1. The zero-order valence-electron chi connectivity index (χ0n) is 22.2. The lowest BCUT2D eigenvalue weighted by Gasteiger charge is -2.49. The van der Waals surface area contributed by atoms with Crippen molar-refractivity contribution in [3.63, 3.8) is 0 Å². The summed E-state index contributed by atoms with van der Waals surface area (Å²) in [4.78, 5) is 47.7. The quantitative estimate of drug-likeness (QED) is 0.434. The number of thioether (sulfide) groups is 1. The Morgan fingerprint density at radius 1 is 1.20 bits per heavy atom. The van der Waals surface area contributed by atoms with Crippen molar-refractivity contribution in [3.05, 3.63) is 64.6 Å². The minimum absolute atomic E-state index is 0.105. The molecule has 4 heterocycles. The first kappa shape index (κ1) is 26.6. The number of piperazine rings is 1. The van der Waals surface area contributed by atoms with Crippen LogP contribution in [0.25, 0.3) is 22.0 Å². The maximum Gasteiger partial charge on any atom is 0.350 e. The van der Waals surface area contributed by atoms with E-state index in [1.807, 2.05) is 17.9 Å². The van der Waals surface area contributed by atoms with E-state index in [0.29, 0.717) is 42.3 Å². The number of benzene rings is 2. The van der Waals surface area contributed by atoms with Crippen molar-refractivity contribution in [2.24, 2.45) is 0 Å². The Balaban J connectivity index is 1.56. The lowest BCUT2D eigenvalue weighted by Crippen LogP contribution is -2.64. The molecule has 3 aromatic rings. The van der Waals surface area contributed by atoms with Gasteiger partial charge in [-0.1, -0.05) is 6.58 Å². The van der Waals surface area contributed by atoms with Gasteiger partial charge in [-0.25, -0.2) is 13.6 Å². The number of aryl methyl sites for hydroxylation is 1. The van der Waals surface area contributed by atoms with E-state index < -0.39 is 17.3 Å². The molecule has 0 saturated carbocycles. The molecule has 0 N–H and O–H groups in total. The standard InChI is InChI=1S/C29H28F2N4O4S/c1-4-24(37)34-17-9-20(36)10-18(34)12-33(11-17)28-22-7-15(2)25(21-6-5-16(30)8-23(21)31)27-26(22)35(29(38)32-28)19(13-39-3)14-40-27/h4-8,17-19H,1,9-14H2,2-3H3/t17?,18?,19-/m0/s1. The Hall–Kier alpha value is -3.57. The molecule has 3 aliphatic heterocycles. The number of halogens is 2. The largest absolute Gasteiger partial charge is 0.383 e. The number of piperidine rings is 1. The minimum atomic E-state index is -0.679. The van der Waals surface area contributed by atoms with E-state index >= 15 is 4.39 Å². The highest BCUT2D eigenvalue weighted by molar-refractivity contribution is 7.99. The molecule has 2 bridgehead atoms. The number of ketones is 1. The van der Waals surface area contributed by atoms with Crippen LogP contribution >= 0.6 is 11.8 Å². The summed E-state index contributed by atoms with van der Waals surface area (Å²) in [5, 5.41) is 0.722. The molecule has 1 aromatic heterocycles. The first-order valence-electron chi connectivity index (χ1n) is 13.1. The Morgan fingerprint density at radius 2 is 1.93 bits per heavy atom. The fraction of sp³-hybridized carbons (Fsp3) is 0.379. The fourth-order valence-electron chi connectivity index (χ4n) is 6.43. The van der Waals surface area contributed by atoms with Crippen molar-refractivity contribution >= 4 is 40.2 Å². The predicted octanol–water partition coefficient (Wildman–Crippen LogP) is 3.88. The number of aromatic nitrogens is 2. The van der Waals surface area contributed by atoms with Crippen LogP contribution in [0.3, 0.4) is 0 Å². The Labute approximate surface area is 233 Å². The van der Waals surface area contributed by atoms with Gasteiger partial charge in [-0.05, 0) is 36.8 Å². The predicted molar refractivity (Wildman–Crippen MR) is 149 cm³/mol. The maximum absolute atomic E-state index is 15.1. The van der Waals surface area contributed by atoms with E-state index in [-0.39, 0.29) is 48.2 Å². The summed E-state index contributed by atoms with van der Waals surface area (Å²) < 4.78 is 35.9. The Kier molecular flexibility index (Phi) is 6.74. The van der Waals surface area contributed by atoms with Gasteiger partial charge in [0, 0.05) is 66.3 Å². The lowest BCUT2D eigenvalue weighted by atomic mass is 9.89. The molecule has 208 valence electrons. The molecule has 8 nitrogen and oxygen atoms in total. The number of rotatable bonds is 5. The lowest BCUT2D eigenvalue weighted by molar-refractivity contribution is -0.138. The molecule has 2 unspecified atom stereocenters. The third kappa shape index (κ3) is 4.23. The average Bonchev–Trinajstić information content (AvgIpc) is 2.90. The van der Waals surface area contributed by atoms with Gasteiger partial charge in [-0.15, -0.1) is 11.8 Å². The van der Waals surface area contributed by atoms with E-state index in [9.17, 15) is 18.8 Å². The second-order valence-corrected chi connectivity index (χ2v) is 11.6. The molecular formula is C29H28F2N4O4S. The molecule has 11 heteroatoms. The fourth-order valence-corrected chi connectivity index (χ4v) is 7.80. The third-order valence-electron chi connectivity index (χ3n) is 7.99. The van der Waals surface area contributed by atoms with Gasteiger partial charge in [0.1, 0.15) is 23.2 Å². The van der Waals surface area contributed by atoms with Crippen molar-refractivity contribution in [2.75, 3.05) is 37.5 Å². The van der Waals surface area contributed by atoms with Gasteiger partial charge in [0.2, 0.25) is 5.91 Å². The third-order valence-corrected chi connectivity index (χ3v) is 9.23. The second-order valence-electron chi connectivity index (χ2n) is 10.5. The SMILES string of the molecule is C=CC(=O)N1C2CC(=O)CC1CN(c1nc(=O)n3c4c(c(-c5ccc(F)cc5F)c(C)cc14)SC[C@@H]3COC)C2. The van der Waals surface area contributed by atoms with Crippen LogP contribution in [0.1, 0.15) is 24.4 Å². The van der Waals surface area contributed by atoms with Gasteiger partial charge in [-0.2, -0.15) is 4.98 Å². The van der Waals surface area contributed by atoms with Gasteiger partial charge in [0.25, 0.3) is 0 Å². The summed E-state index contributed by atoms with van der Waals surface area (Å²) in [6, 6.07) is 4.41. The van der Waals surface area contributed by atoms with Gasteiger partial charge in [0.05, 0.1) is 30.2 Å². The molecule has 2 fully saturated rings. The van der Waals surface area contributed by atoms with Crippen LogP contribution in [0.5, 0.6) is 0 Å². The van der Waals surface area contributed by atoms with E-state index in [1.54, 1.807) is 16.6 Å². The highest BCUT2D eigenvalue weighted by atomic mass is 32.2. The molecule has 3 aliphatic rings. The van der Waals surface area contributed by atoms with Crippen molar-refractivity contribution in [1.29, 1.82) is 0 Å². The van der Waals surface area contributed by atoms with Crippen LogP contribution in [0.15, 0.2) is 46.6 Å². The maximum atomic E-state index is 15.1. The topological polar surface area (TPSA) is 84.7 Å². The monoisotopic (exact) mass is 566 g/mol.